The highest BCUT2D eigenvalue weighted by molar-refractivity contribution is 6.05. The minimum absolute atomic E-state index is 0.0422. The predicted molar refractivity (Wildman–Crippen MR) is 86.6 cm³/mol. The second-order valence-corrected chi connectivity index (χ2v) is 5.81. The van der Waals surface area contributed by atoms with Gasteiger partial charge in [-0.25, -0.2) is 4.79 Å². The summed E-state index contributed by atoms with van der Waals surface area (Å²) in [6, 6.07) is 5.49. The minimum Gasteiger partial charge on any atom is -0.497 e. The Kier molecular flexibility index (Phi) is 3.80. The summed E-state index contributed by atoms with van der Waals surface area (Å²) in [6.07, 6.45) is -0.387. The lowest BCUT2D eigenvalue weighted by Crippen LogP contribution is -2.09. The summed E-state index contributed by atoms with van der Waals surface area (Å²) in [4.78, 5) is 12.1. The molecule has 1 aliphatic heterocycles. The zero-order chi connectivity index (χ0) is 16.7. The fourth-order valence-corrected chi connectivity index (χ4v) is 2.95. The number of methoxy groups -OCH3 is 2. The molecular weight excluding hydrogens is 296 g/mol. The SMILES string of the molecule is COc1cc(OC)c2c(OC(C)C)c3c(cc2c1)C(=O)OC3C. The zero-order valence-corrected chi connectivity index (χ0v) is 13.9. The molecular formula is C18H20O5. The number of esters is 1. The maximum absolute atomic E-state index is 12.1. The molecule has 0 saturated heterocycles. The van der Waals surface area contributed by atoms with Gasteiger partial charge in [0.1, 0.15) is 23.4 Å². The molecule has 1 atom stereocenters. The molecule has 0 spiro atoms. The summed E-state index contributed by atoms with van der Waals surface area (Å²) in [5.74, 6) is 1.61. The number of fused-ring (bicyclic) bond motifs is 2. The Hall–Kier alpha value is -2.43. The predicted octanol–water partition coefficient (Wildman–Crippen LogP) is 3.88. The summed E-state index contributed by atoms with van der Waals surface area (Å²) < 4.78 is 22.3. The molecule has 1 aliphatic rings. The van der Waals surface area contributed by atoms with E-state index in [0.717, 1.165) is 16.3 Å². The van der Waals surface area contributed by atoms with Gasteiger partial charge in [0.2, 0.25) is 0 Å². The largest absolute Gasteiger partial charge is 0.497 e. The number of hydrogen-bond acceptors (Lipinski definition) is 5. The topological polar surface area (TPSA) is 54.0 Å². The van der Waals surface area contributed by atoms with E-state index in [0.29, 0.717) is 22.8 Å². The van der Waals surface area contributed by atoms with E-state index in [1.807, 2.05) is 39.0 Å². The summed E-state index contributed by atoms with van der Waals surface area (Å²) in [6.45, 7) is 5.74. The van der Waals surface area contributed by atoms with Gasteiger partial charge in [-0.05, 0) is 38.3 Å². The van der Waals surface area contributed by atoms with Crippen LogP contribution in [0.4, 0.5) is 0 Å². The second-order valence-electron chi connectivity index (χ2n) is 5.81. The Labute approximate surface area is 135 Å². The molecule has 0 aromatic heterocycles. The molecule has 0 amide bonds. The number of hydrogen-bond donors (Lipinski definition) is 0. The van der Waals surface area contributed by atoms with Crippen molar-refractivity contribution in [2.24, 2.45) is 0 Å². The summed E-state index contributed by atoms with van der Waals surface area (Å²) in [5.41, 5.74) is 1.32. The third-order valence-electron chi connectivity index (χ3n) is 3.89. The molecule has 0 N–H and O–H groups in total. The Morgan fingerprint density at radius 3 is 2.48 bits per heavy atom. The third-order valence-corrected chi connectivity index (χ3v) is 3.89. The van der Waals surface area contributed by atoms with Crippen molar-refractivity contribution in [1.82, 2.24) is 0 Å². The third kappa shape index (κ3) is 2.46. The van der Waals surface area contributed by atoms with Crippen molar-refractivity contribution in [3.63, 3.8) is 0 Å². The van der Waals surface area contributed by atoms with Crippen molar-refractivity contribution in [3.05, 3.63) is 29.3 Å². The number of carbonyl (C=O) groups excluding carboxylic acids is 1. The molecule has 0 saturated carbocycles. The van der Waals surface area contributed by atoms with E-state index in [9.17, 15) is 4.79 Å². The second kappa shape index (κ2) is 5.65. The van der Waals surface area contributed by atoms with Gasteiger partial charge in [0.05, 0.1) is 31.3 Å². The number of cyclic esters (lactones) is 1. The monoisotopic (exact) mass is 316 g/mol. The maximum atomic E-state index is 12.1. The van der Waals surface area contributed by atoms with Gasteiger partial charge in [-0.15, -0.1) is 0 Å². The molecule has 1 unspecified atom stereocenters. The number of rotatable bonds is 4. The van der Waals surface area contributed by atoms with Gasteiger partial charge in [-0.2, -0.15) is 0 Å². The molecule has 0 radical (unpaired) electrons. The first-order valence-corrected chi connectivity index (χ1v) is 7.56. The van der Waals surface area contributed by atoms with E-state index in [-0.39, 0.29) is 18.2 Å². The van der Waals surface area contributed by atoms with E-state index < -0.39 is 0 Å². The Morgan fingerprint density at radius 1 is 1.13 bits per heavy atom. The van der Waals surface area contributed by atoms with Crippen molar-refractivity contribution >= 4 is 16.7 Å². The fourth-order valence-electron chi connectivity index (χ4n) is 2.95. The number of benzene rings is 2. The van der Waals surface area contributed by atoms with Gasteiger partial charge in [-0.3, -0.25) is 0 Å². The van der Waals surface area contributed by atoms with E-state index in [1.54, 1.807) is 14.2 Å². The molecule has 23 heavy (non-hydrogen) atoms. The maximum Gasteiger partial charge on any atom is 0.339 e. The van der Waals surface area contributed by atoms with Crippen LogP contribution in [0.25, 0.3) is 10.8 Å². The molecule has 1 heterocycles. The van der Waals surface area contributed by atoms with Crippen LogP contribution >= 0.6 is 0 Å². The summed E-state index contributed by atoms with van der Waals surface area (Å²) >= 11 is 0. The van der Waals surface area contributed by atoms with Crippen LogP contribution in [0, 0.1) is 0 Å². The van der Waals surface area contributed by atoms with Crippen molar-refractivity contribution < 1.29 is 23.7 Å². The van der Waals surface area contributed by atoms with Crippen LogP contribution in [-0.2, 0) is 4.74 Å². The smallest absolute Gasteiger partial charge is 0.339 e. The fraction of sp³-hybridized carbons (Fsp3) is 0.389. The minimum atomic E-state index is -0.345. The van der Waals surface area contributed by atoms with Crippen LogP contribution in [0.1, 0.15) is 42.8 Å². The average Bonchev–Trinajstić information content (AvgIpc) is 2.79. The zero-order valence-electron chi connectivity index (χ0n) is 13.9. The van der Waals surface area contributed by atoms with Gasteiger partial charge in [0.25, 0.3) is 0 Å². The van der Waals surface area contributed by atoms with Gasteiger partial charge in [-0.1, -0.05) is 0 Å². The molecule has 0 aliphatic carbocycles. The highest BCUT2D eigenvalue weighted by atomic mass is 16.6. The van der Waals surface area contributed by atoms with Crippen molar-refractivity contribution in [2.75, 3.05) is 14.2 Å². The average molecular weight is 316 g/mol. The van der Waals surface area contributed by atoms with Crippen LogP contribution in [0.2, 0.25) is 0 Å². The lowest BCUT2D eigenvalue weighted by atomic mass is 9.97. The lowest BCUT2D eigenvalue weighted by Gasteiger charge is -2.19. The van der Waals surface area contributed by atoms with Gasteiger partial charge >= 0.3 is 5.97 Å². The van der Waals surface area contributed by atoms with Crippen molar-refractivity contribution in [3.8, 4) is 17.2 Å². The molecule has 5 nitrogen and oxygen atoms in total. The molecule has 122 valence electrons. The van der Waals surface area contributed by atoms with Gasteiger partial charge < -0.3 is 18.9 Å². The van der Waals surface area contributed by atoms with Crippen LogP contribution in [-0.4, -0.2) is 26.3 Å². The Balaban J connectivity index is 2.41. The highest BCUT2D eigenvalue weighted by Gasteiger charge is 2.34. The molecule has 0 fully saturated rings. The Bertz CT molecular complexity index is 779. The first kappa shape index (κ1) is 15.5. The first-order valence-electron chi connectivity index (χ1n) is 7.56. The highest BCUT2D eigenvalue weighted by Crippen LogP contribution is 2.47. The lowest BCUT2D eigenvalue weighted by molar-refractivity contribution is 0.0418. The summed E-state index contributed by atoms with van der Waals surface area (Å²) in [5, 5.41) is 1.65. The Morgan fingerprint density at radius 2 is 1.87 bits per heavy atom. The van der Waals surface area contributed by atoms with Crippen LogP contribution in [0.5, 0.6) is 17.2 Å². The molecule has 0 bridgehead atoms. The van der Waals surface area contributed by atoms with E-state index >= 15 is 0 Å². The molecule has 5 heteroatoms. The van der Waals surface area contributed by atoms with Gasteiger partial charge in [0.15, 0.2) is 0 Å². The summed E-state index contributed by atoms with van der Waals surface area (Å²) in [7, 11) is 3.20. The van der Waals surface area contributed by atoms with Crippen LogP contribution in [0.15, 0.2) is 18.2 Å². The van der Waals surface area contributed by atoms with Gasteiger partial charge in [0, 0.05) is 11.6 Å². The van der Waals surface area contributed by atoms with Crippen molar-refractivity contribution in [1.29, 1.82) is 0 Å². The first-order chi connectivity index (χ1) is 11.0. The van der Waals surface area contributed by atoms with E-state index in [4.69, 9.17) is 18.9 Å². The molecule has 2 aromatic carbocycles. The number of ether oxygens (including phenoxy) is 4. The normalized spacial score (nSPS) is 16.4. The van der Waals surface area contributed by atoms with Crippen LogP contribution < -0.4 is 14.2 Å². The van der Waals surface area contributed by atoms with E-state index in [1.165, 1.54) is 0 Å². The molecule has 3 rings (SSSR count). The standard InChI is InChI=1S/C18H20O5/c1-9(2)22-17-15-10(3)23-18(19)13(15)7-11-6-12(20-4)8-14(21-5)16(11)17/h6-10H,1-5H3. The number of carbonyl (C=O) groups is 1. The van der Waals surface area contributed by atoms with Crippen molar-refractivity contribution in [2.45, 2.75) is 33.0 Å². The quantitative estimate of drug-likeness (QED) is 0.801. The van der Waals surface area contributed by atoms with Crippen LogP contribution in [0.3, 0.4) is 0 Å². The van der Waals surface area contributed by atoms with E-state index in [2.05, 4.69) is 0 Å². The molecule has 2 aromatic rings.